The number of anilines is 2. The highest BCUT2D eigenvalue weighted by Gasteiger charge is 2.34. The Labute approximate surface area is 190 Å². The Morgan fingerprint density at radius 2 is 1.73 bits per heavy atom. The van der Waals surface area contributed by atoms with Crippen molar-refractivity contribution in [2.75, 3.05) is 10.6 Å². The monoisotopic (exact) mass is 499 g/mol. The van der Waals surface area contributed by atoms with Gasteiger partial charge in [-0.3, -0.25) is 0 Å². The van der Waals surface area contributed by atoms with Crippen LogP contribution in [0, 0.1) is 5.82 Å². The smallest absolute Gasteiger partial charge is 0.307 e. The van der Waals surface area contributed by atoms with Crippen molar-refractivity contribution in [3.05, 3.63) is 64.6 Å². The molecule has 3 N–H and O–H groups in total. The van der Waals surface area contributed by atoms with Crippen LogP contribution in [-0.2, 0) is 16.2 Å². The Morgan fingerprint density at radius 3 is 2.36 bits per heavy atom. The third-order valence-corrected chi connectivity index (χ3v) is 7.02. The molecule has 0 atom stereocenters. The predicted molar refractivity (Wildman–Crippen MR) is 117 cm³/mol. The van der Waals surface area contributed by atoms with E-state index in [1.165, 1.54) is 29.5 Å². The molecule has 0 spiro atoms. The quantitative estimate of drug-likeness (QED) is 0.383. The summed E-state index contributed by atoms with van der Waals surface area (Å²) in [6.07, 6.45) is -3.42. The van der Waals surface area contributed by atoms with E-state index in [2.05, 4.69) is 15.4 Å². The van der Waals surface area contributed by atoms with Gasteiger partial charge >= 0.3 is 12.2 Å². The van der Waals surface area contributed by atoms with Crippen molar-refractivity contribution < 1.29 is 30.8 Å². The lowest BCUT2D eigenvalue weighted by Gasteiger charge is -2.16. The van der Waals surface area contributed by atoms with Gasteiger partial charge < -0.3 is 10.6 Å². The van der Waals surface area contributed by atoms with E-state index in [4.69, 9.17) is 0 Å². The van der Waals surface area contributed by atoms with Gasteiger partial charge in [0.1, 0.15) is 5.82 Å². The Kier molecular flexibility index (Phi) is 6.16. The molecular formula is C21H17F4N3O3S2. The third kappa shape index (κ3) is 5.52. The summed E-state index contributed by atoms with van der Waals surface area (Å²) in [5.74, 6) is -1.10. The van der Waals surface area contributed by atoms with Crippen LogP contribution in [-0.4, -0.2) is 20.5 Å². The van der Waals surface area contributed by atoms with E-state index in [1.807, 2.05) is 0 Å². The molecule has 0 saturated heterocycles. The van der Waals surface area contributed by atoms with Crippen LogP contribution in [0.3, 0.4) is 0 Å². The van der Waals surface area contributed by atoms with Crippen LogP contribution in [0.2, 0.25) is 0 Å². The number of sulfonamides is 1. The number of carbonyl (C=O) groups excluding carboxylic acids is 1. The molecule has 4 rings (SSSR count). The van der Waals surface area contributed by atoms with Gasteiger partial charge in [-0.2, -0.15) is 24.5 Å². The fraction of sp³-hybridized carbons (Fsp3) is 0.190. The van der Waals surface area contributed by atoms with E-state index in [9.17, 15) is 30.8 Å². The van der Waals surface area contributed by atoms with E-state index in [0.717, 1.165) is 25.0 Å². The van der Waals surface area contributed by atoms with Crippen molar-refractivity contribution in [1.82, 2.24) is 4.72 Å². The number of nitrogens with one attached hydrogen (secondary N) is 3. The highest BCUT2D eigenvalue weighted by atomic mass is 32.2. The van der Waals surface area contributed by atoms with E-state index < -0.39 is 39.3 Å². The highest BCUT2D eigenvalue weighted by Crippen LogP contribution is 2.36. The van der Waals surface area contributed by atoms with Gasteiger partial charge in [-0.25, -0.2) is 22.3 Å². The van der Waals surface area contributed by atoms with Crippen molar-refractivity contribution >= 4 is 38.8 Å². The molecule has 0 aliphatic heterocycles. The number of thiophene rings is 1. The van der Waals surface area contributed by atoms with E-state index in [0.29, 0.717) is 11.1 Å². The van der Waals surface area contributed by atoms with Gasteiger partial charge in [-0.05, 0) is 65.6 Å². The standard InChI is InChI=1S/C21H17F4N3O3S2/c22-13-1-6-18(17(9-13)21(23,24)25)26-20(29)27-19-10-15(33(30,31)28-14-2-3-14)4-5-16(19)12-7-8-32-11-12/h1,4-11,14,28H,2-3H2,(H2,26,27,29). The maximum Gasteiger partial charge on any atom is 0.418 e. The molecule has 1 heterocycles. The zero-order valence-corrected chi connectivity index (χ0v) is 18.4. The number of halogens is 4. The van der Waals surface area contributed by atoms with E-state index in [-0.39, 0.29) is 22.7 Å². The summed E-state index contributed by atoms with van der Waals surface area (Å²) in [5.41, 5.74) is -0.738. The molecule has 0 bridgehead atoms. The first-order chi connectivity index (χ1) is 15.5. The molecule has 1 aliphatic carbocycles. The molecule has 6 nitrogen and oxygen atoms in total. The van der Waals surface area contributed by atoms with Crippen LogP contribution in [0.25, 0.3) is 11.1 Å². The zero-order valence-electron chi connectivity index (χ0n) is 16.7. The summed E-state index contributed by atoms with van der Waals surface area (Å²) < 4.78 is 80.8. The molecule has 0 unspecified atom stereocenters. The summed E-state index contributed by atoms with van der Waals surface area (Å²) in [6.45, 7) is 0. The van der Waals surface area contributed by atoms with Crippen molar-refractivity contribution in [2.45, 2.75) is 30.0 Å². The van der Waals surface area contributed by atoms with E-state index >= 15 is 0 Å². The first-order valence-corrected chi connectivity index (χ1v) is 12.1. The lowest BCUT2D eigenvalue weighted by atomic mass is 10.1. The second kappa shape index (κ2) is 8.76. The van der Waals surface area contributed by atoms with Gasteiger partial charge in [-0.15, -0.1) is 0 Å². The summed E-state index contributed by atoms with van der Waals surface area (Å²) in [5, 5.41) is 8.05. The number of urea groups is 1. The number of rotatable bonds is 6. The predicted octanol–water partition coefficient (Wildman–Crippen LogP) is 5.66. The first kappa shape index (κ1) is 23.2. The molecule has 0 radical (unpaired) electrons. The number of amides is 2. The van der Waals surface area contributed by atoms with Crippen LogP contribution in [0.15, 0.2) is 58.1 Å². The van der Waals surface area contributed by atoms with Crippen LogP contribution < -0.4 is 15.4 Å². The van der Waals surface area contributed by atoms with Crippen LogP contribution in [0.5, 0.6) is 0 Å². The number of carbonyl (C=O) groups is 1. The van der Waals surface area contributed by atoms with Gasteiger partial charge in [0.05, 0.1) is 21.8 Å². The summed E-state index contributed by atoms with van der Waals surface area (Å²) in [6, 6.07) is 6.59. The topological polar surface area (TPSA) is 87.3 Å². The minimum Gasteiger partial charge on any atom is -0.307 e. The van der Waals surface area contributed by atoms with Gasteiger partial charge in [-0.1, -0.05) is 6.07 Å². The summed E-state index contributed by atoms with van der Waals surface area (Å²) >= 11 is 1.38. The second-order valence-electron chi connectivity index (χ2n) is 7.38. The lowest BCUT2D eigenvalue weighted by Crippen LogP contribution is -2.26. The zero-order chi connectivity index (χ0) is 23.8. The first-order valence-electron chi connectivity index (χ1n) is 9.66. The number of hydrogen-bond donors (Lipinski definition) is 3. The Balaban J connectivity index is 1.65. The Morgan fingerprint density at radius 1 is 1.00 bits per heavy atom. The molecule has 2 aromatic carbocycles. The van der Waals surface area contributed by atoms with Gasteiger partial charge in [0, 0.05) is 11.6 Å². The molecule has 1 saturated carbocycles. The van der Waals surface area contributed by atoms with E-state index in [1.54, 1.807) is 16.8 Å². The number of benzene rings is 2. The SMILES string of the molecule is O=C(Nc1cc(S(=O)(=O)NC2CC2)ccc1-c1ccsc1)Nc1ccc(F)cc1C(F)(F)F. The average Bonchev–Trinajstić information content (AvgIpc) is 3.36. The Bertz CT molecular complexity index is 1290. The van der Waals surface area contributed by atoms with Gasteiger partial charge in [0.2, 0.25) is 10.0 Å². The normalized spacial score (nSPS) is 14.2. The van der Waals surface area contributed by atoms with Crippen LogP contribution in [0.4, 0.5) is 33.7 Å². The van der Waals surface area contributed by atoms with Crippen molar-refractivity contribution in [3.63, 3.8) is 0 Å². The summed E-state index contributed by atoms with van der Waals surface area (Å²) in [7, 11) is -3.84. The summed E-state index contributed by atoms with van der Waals surface area (Å²) in [4.78, 5) is 12.5. The number of hydrogen-bond acceptors (Lipinski definition) is 4. The lowest BCUT2D eigenvalue weighted by molar-refractivity contribution is -0.137. The minimum absolute atomic E-state index is 0.0836. The second-order valence-corrected chi connectivity index (χ2v) is 9.88. The average molecular weight is 500 g/mol. The highest BCUT2D eigenvalue weighted by molar-refractivity contribution is 7.89. The molecule has 33 heavy (non-hydrogen) atoms. The fourth-order valence-electron chi connectivity index (χ4n) is 3.09. The molecule has 12 heteroatoms. The molecule has 1 fully saturated rings. The van der Waals surface area contributed by atoms with Crippen LogP contribution in [0.1, 0.15) is 18.4 Å². The van der Waals surface area contributed by atoms with Crippen LogP contribution >= 0.6 is 11.3 Å². The van der Waals surface area contributed by atoms with Crippen molar-refractivity contribution in [1.29, 1.82) is 0 Å². The van der Waals surface area contributed by atoms with Crippen molar-refractivity contribution in [2.24, 2.45) is 0 Å². The molecule has 1 aliphatic rings. The Hall–Kier alpha value is -2.96. The number of alkyl halides is 3. The fourth-order valence-corrected chi connectivity index (χ4v) is 5.07. The largest absolute Gasteiger partial charge is 0.418 e. The molecule has 174 valence electrons. The molecule has 3 aromatic rings. The van der Waals surface area contributed by atoms with Crippen molar-refractivity contribution in [3.8, 4) is 11.1 Å². The van der Waals surface area contributed by atoms with Gasteiger partial charge in [0.15, 0.2) is 0 Å². The molecular weight excluding hydrogens is 482 g/mol. The maximum absolute atomic E-state index is 13.3. The molecule has 2 amide bonds. The molecule has 1 aromatic heterocycles. The third-order valence-electron chi connectivity index (χ3n) is 4.82. The maximum atomic E-state index is 13.3. The minimum atomic E-state index is -4.89. The van der Waals surface area contributed by atoms with Gasteiger partial charge in [0.25, 0.3) is 0 Å².